The van der Waals surface area contributed by atoms with Gasteiger partial charge in [-0.05, 0) is 37.5 Å². The molecule has 1 aliphatic rings. The maximum absolute atomic E-state index is 11.4. The van der Waals surface area contributed by atoms with Crippen molar-refractivity contribution in [3.63, 3.8) is 0 Å². The van der Waals surface area contributed by atoms with E-state index >= 15 is 0 Å². The number of hydrogen-bond donors (Lipinski definition) is 2. The van der Waals surface area contributed by atoms with Crippen LogP contribution in [0.2, 0.25) is 0 Å². The van der Waals surface area contributed by atoms with E-state index in [2.05, 4.69) is 4.90 Å². The maximum Gasteiger partial charge on any atom is 0.151 e. The summed E-state index contributed by atoms with van der Waals surface area (Å²) < 4.78 is 22.8. The number of phenolic OH excluding ortho intramolecular Hbond substituents is 1. The minimum Gasteiger partial charge on any atom is -0.508 e. The average Bonchev–Trinajstić information content (AvgIpc) is 2.40. The Hall–Kier alpha value is -0.790. The molecule has 1 fully saturated rings. The van der Waals surface area contributed by atoms with Crippen molar-refractivity contribution in [2.75, 3.05) is 24.3 Å². The van der Waals surface area contributed by atoms with Crippen LogP contribution < -0.4 is 4.90 Å². The molecule has 1 aliphatic heterocycles. The summed E-state index contributed by atoms with van der Waals surface area (Å²) in [5.74, 6) is -0.179. The van der Waals surface area contributed by atoms with E-state index in [-0.39, 0.29) is 41.1 Å². The molecular weight excluding hydrogens is 358 g/mol. The molecule has 0 aliphatic carbocycles. The number of aliphatic hydroxyl groups is 1. The van der Waals surface area contributed by atoms with Gasteiger partial charge in [0.15, 0.2) is 9.84 Å². The highest BCUT2D eigenvalue weighted by molar-refractivity contribution is 8.93. The highest BCUT2D eigenvalue weighted by Crippen LogP contribution is 2.29. The molecule has 0 saturated carbocycles. The Morgan fingerprint density at radius 3 is 2.67 bits per heavy atom. The zero-order valence-corrected chi connectivity index (χ0v) is 14.6. The van der Waals surface area contributed by atoms with Crippen molar-refractivity contribution in [3.05, 3.63) is 23.8 Å². The predicted molar refractivity (Wildman–Crippen MR) is 89.0 cm³/mol. The minimum atomic E-state index is -3.19. The number of aromatic hydroxyl groups is 1. The van der Waals surface area contributed by atoms with Crippen LogP contribution in [0.25, 0.3) is 0 Å². The molecule has 0 amide bonds. The second-order valence-corrected chi connectivity index (χ2v) is 7.55. The number of halogens is 1. The monoisotopic (exact) mass is 379 g/mol. The van der Waals surface area contributed by atoms with E-state index < -0.39 is 9.84 Å². The van der Waals surface area contributed by atoms with Crippen molar-refractivity contribution in [2.24, 2.45) is 0 Å². The quantitative estimate of drug-likeness (QED) is 0.834. The highest BCUT2D eigenvalue weighted by atomic mass is 79.9. The van der Waals surface area contributed by atoms with Gasteiger partial charge in [-0.3, -0.25) is 0 Å². The first-order chi connectivity index (χ1) is 9.40. The second-order valence-electron chi connectivity index (χ2n) is 5.41. The Kier molecular flexibility index (Phi) is 6.49. The van der Waals surface area contributed by atoms with Crippen LogP contribution in [0, 0.1) is 0 Å². The van der Waals surface area contributed by atoms with E-state index in [1.54, 1.807) is 12.1 Å². The lowest BCUT2D eigenvalue weighted by Crippen LogP contribution is -2.41. The third-order valence-electron chi connectivity index (χ3n) is 3.65. The summed E-state index contributed by atoms with van der Waals surface area (Å²) in [7, 11) is -3.19. The number of anilines is 1. The predicted octanol–water partition coefficient (Wildman–Crippen LogP) is 1.87. The van der Waals surface area contributed by atoms with Gasteiger partial charge in [-0.1, -0.05) is 0 Å². The lowest BCUT2D eigenvalue weighted by atomic mass is 10.0. The first kappa shape index (κ1) is 18.3. The lowest BCUT2D eigenvalue weighted by molar-refractivity contribution is 0.240. The third-order valence-corrected chi connectivity index (χ3v) is 4.49. The van der Waals surface area contributed by atoms with Gasteiger partial charge in [-0.25, -0.2) is 8.42 Å². The van der Waals surface area contributed by atoms with Gasteiger partial charge >= 0.3 is 0 Å². The SMILES string of the molecule is Br.CS(=O)(=O)Cc1cc(N2CCCCC2CO)ccc1O. The van der Waals surface area contributed by atoms with E-state index in [1.807, 2.05) is 0 Å². The summed E-state index contributed by atoms with van der Waals surface area (Å²) >= 11 is 0. The van der Waals surface area contributed by atoms with Crippen molar-refractivity contribution in [3.8, 4) is 5.75 Å². The normalized spacial score (nSPS) is 19.1. The highest BCUT2D eigenvalue weighted by Gasteiger charge is 2.22. The zero-order valence-electron chi connectivity index (χ0n) is 12.0. The van der Waals surface area contributed by atoms with Crippen LogP contribution in [-0.4, -0.2) is 44.1 Å². The van der Waals surface area contributed by atoms with Crippen molar-refractivity contribution in [1.82, 2.24) is 0 Å². The number of benzene rings is 1. The van der Waals surface area contributed by atoms with E-state index in [9.17, 15) is 18.6 Å². The number of phenols is 1. The van der Waals surface area contributed by atoms with Crippen LogP contribution in [0.1, 0.15) is 24.8 Å². The lowest BCUT2D eigenvalue weighted by Gasteiger charge is -2.36. The van der Waals surface area contributed by atoms with E-state index in [1.165, 1.54) is 6.07 Å². The molecule has 5 nitrogen and oxygen atoms in total. The molecule has 1 saturated heterocycles. The van der Waals surface area contributed by atoms with Gasteiger partial charge in [-0.15, -0.1) is 17.0 Å². The molecule has 120 valence electrons. The molecule has 1 aromatic rings. The fraction of sp³-hybridized carbons (Fsp3) is 0.571. The summed E-state index contributed by atoms with van der Waals surface area (Å²) in [6.45, 7) is 0.927. The van der Waals surface area contributed by atoms with Crippen molar-refractivity contribution >= 4 is 32.5 Å². The molecule has 0 aromatic heterocycles. The largest absolute Gasteiger partial charge is 0.508 e. The average molecular weight is 380 g/mol. The fourth-order valence-corrected chi connectivity index (χ4v) is 3.48. The van der Waals surface area contributed by atoms with Crippen LogP contribution >= 0.6 is 17.0 Å². The molecule has 1 unspecified atom stereocenters. The third kappa shape index (κ3) is 4.86. The van der Waals surface area contributed by atoms with Gasteiger partial charge in [0, 0.05) is 24.1 Å². The van der Waals surface area contributed by atoms with Gasteiger partial charge in [0.1, 0.15) is 5.75 Å². The summed E-state index contributed by atoms with van der Waals surface area (Å²) in [5.41, 5.74) is 1.27. The summed E-state index contributed by atoms with van der Waals surface area (Å²) in [5, 5.41) is 19.2. The Morgan fingerprint density at radius 1 is 1.33 bits per heavy atom. The van der Waals surface area contributed by atoms with Crippen LogP contribution in [0.5, 0.6) is 5.75 Å². The summed E-state index contributed by atoms with van der Waals surface area (Å²) in [6, 6.07) is 5.08. The molecule has 0 radical (unpaired) electrons. The van der Waals surface area contributed by atoms with E-state index in [0.29, 0.717) is 5.56 Å². The summed E-state index contributed by atoms with van der Waals surface area (Å²) in [4.78, 5) is 2.09. The Bertz CT molecular complexity index is 576. The van der Waals surface area contributed by atoms with E-state index in [0.717, 1.165) is 37.8 Å². The number of rotatable bonds is 4. The first-order valence-electron chi connectivity index (χ1n) is 6.78. The van der Waals surface area contributed by atoms with Crippen molar-refractivity contribution in [1.29, 1.82) is 0 Å². The smallest absolute Gasteiger partial charge is 0.151 e. The molecule has 1 atom stereocenters. The number of piperidine rings is 1. The van der Waals surface area contributed by atoms with Gasteiger partial charge in [0.25, 0.3) is 0 Å². The zero-order chi connectivity index (χ0) is 14.8. The Labute approximate surface area is 136 Å². The van der Waals surface area contributed by atoms with Crippen LogP contribution in [0.3, 0.4) is 0 Å². The molecule has 1 heterocycles. The van der Waals surface area contributed by atoms with Gasteiger partial charge in [0.2, 0.25) is 0 Å². The van der Waals surface area contributed by atoms with Crippen molar-refractivity contribution in [2.45, 2.75) is 31.1 Å². The van der Waals surface area contributed by atoms with Gasteiger partial charge in [0.05, 0.1) is 18.4 Å². The maximum atomic E-state index is 11.4. The molecule has 21 heavy (non-hydrogen) atoms. The van der Waals surface area contributed by atoms with Crippen LogP contribution in [-0.2, 0) is 15.6 Å². The molecule has 1 aromatic carbocycles. The molecule has 2 N–H and O–H groups in total. The summed E-state index contributed by atoms with van der Waals surface area (Å²) in [6.07, 6.45) is 4.23. The molecule has 0 bridgehead atoms. The second kappa shape index (κ2) is 7.47. The number of aliphatic hydroxyl groups excluding tert-OH is 1. The van der Waals surface area contributed by atoms with Crippen LogP contribution in [0.15, 0.2) is 18.2 Å². The Balaban J connectivity index is 0.00000220. The minimum absolute atomic E-state index is 0. The fourth-order valence-electron chi connectivity index (χ4n) is 2.68. The van der Waals surface area contributed by atoms with Gasteiger partial charge in [-0.2, -0.15) is 0 Å². The van der Waals surface area contributed by atoms with E-state index in [4.69, 9.17) is 0 Å². The number of sulfone groups is 1. The molecular formula is C14H22BrNO4S. The number of hydrogen-bond acceptors (Lipinski definition) is 5. The van der Waals surface area contributed by atoms with Crippen molar-refractivity contribution < 1.29 is 18.6 Å². The standard InChI is InChI=1S/C14H21NO4S.BrH/c1-20(18,19)10-11-8-12(5-6-14(11)17)15-7-3-2-4-13(15)9-16;/h5-6,8,13,16-17H,2-4,7,9-10H2,1H3;1H. The molecule has 7 heteroatoms. The Morgan fingerprint density at radius 2 is 2.05 bits per heavy atom. The number of nitrogens with zero attached hydrogens (tertiary/aromatic N) is 1. The topological polar surface area (TPSA) is 77.8 Å². The first-order valence-corrected chi connectivity index (χ1v) is 8.84. The molecule has 0 spiro atoms. The van der Waals surface area contributed by atoms with Crippen LogP contribution in [0.4, 0.5) is 5.69 Å². The molecule has 2 rings (SSSR count). The van der Waals surface area contributed by atoms with Gasteiger partial charge < -0.3 is 15.1 Å².